The van der Waals surface area contributed by atoms with E-state index in [-0.39, 0.29) is 6.04 Å². The van der Waals surface area contributed by atoms with Gasteiger partial charge in [-0.2, -0.15) is 5.10 Å². The number of hydrogen-bond donors (Lipinski definition) is 2. The van der Waals surface area contributed by atoms with E-state index in [0.717, 1.165) is 12.1 Å². The van der Waals surface area contributed by atoms with Gasteiger partial charge in [-0.15, -0.1) is 0 Å². The predicted molar refractivity (Wildman–Crippen MR) is 66.5 cm³/mol. The molecule has 92 valence electrons. The van der Waals surface area contributed by atoms with E-state index in [1.54, 1.807) is 4.68 Å². The number of rotatable bonds is 4. The smallest absolute Gasteiger partial charge is 0.0807 e. The molecule has 3 N–H and O–H groups in total. The van der Waals surface area contributed by atoms with E-state index >= 15 is 0 Å². The molecule has 0 saturated heterocycles. The lowest BCUT2D eigenvalue weighted by molar-refractivity contribution is 0.222. The summed E-state index contributed by atoms with van der Waals surface area (Å²) in [4.78, 5) is 0. The largest absolute Gasteiger partial charge is 0.275 e. The molecule has 2 atom stereocenters. The third-order valence-corrected chi connectivity index (χ3v) is 3.36. The first kappa shape index (κ1) is 13.2. The number of nitrogens with two attached hydrogens (primary N) is 1. The Hall–Kier alpha value is -0.870. The monoisotopic (exact) mass is 224 g/mol. The highest BCUT2D eigenvalue weighted by Gasteiger charge is 2.24. The second kappa shape index (κ2) is 4.97. The van der Waals surface area contributed by atoms with Gasteiger partial charge in [0.2, 0.25) is 0 Å². The second-order valence-corrected chi connectivity index (χ2v) is 5.64. The maximum atomic E-state index is 5.61. The highest BCUT2D eigenvalue weighted by atomic mass is 15.3. The Morgan fingerprint density at radius 3 is 2.50 bits per heavy atom. The van der Waals surface area contributed by atoms with Crippen molar-refractivity contribution in [2.45, 2.75) is 40.2 Å². The van der Waals surface area contributed by atoms with Gasteiger partial charge >= 0.3 is 0 Å². The van der Waals surface area contributed by atoms with Crippen molar-refractivity contribution in [1.82, 2.24) is 15.2 Å². The molecule has 1 heterocycles. The summed E-state index contributed by atoms with van der Waals surface area (Å²) in [6.07, 6.45) is 2.94. The van der Waals surface area contributed by atoms with Crippen LogP contribution in [0.5, 0.6) is 0 Å². The maximum absolute atomic E-state index is 5.61. The van der Waals surface area contributed by atoms with Gasteiger partial charge in [0.1, 0.15) is 0 Å². The minimum Gasteiger partial charge on any atom is -0.275 e. The third-order valence-electron chi connectivity index (χ3n) is 3.36. The van der Waals surface area contributed by atoms with Crippen LogP contribution in [0.3, 0.4) is 0 Å². The van der Waals surface area contributed by atoms with Crippen LogP contribution in [0.15, 0.2) is 12.3 Å². The molecule has 0 amide bonds. The lowest BCUT2D eigenvalue weighted by Crippen LogP contribution is -2.32. The van der Waals surface area contributed by atoms with Crippen molar-refractivity contribution in [2.75, 3.05) is 0 Å². The first-order valence-corrected chi connectivity index (χ1v) is 5.80. The Balaban J connectivity index is 2.70. The first-order valence-electron chi connectivity index (χ1n) is 5.80. The topological polar surface area (TPSA) is 55.9 Å². The Bertz CT molecular complexity index is 324. The zero-order valence-corrected chi connectivity index (χ0v) is 11.0. The summed E-state index contributed by atoms with van der Waals surface area (Å²) < 4.78 is 1.81. The van der Waals surface area contributed by atoms with Gasteiger partial charge in [-0.05, 0) is 23.8 Å². The van der Waals surface area contributed by atoms with Gasteiger partial charge in [-0.1, -0.05) is 27.7 Å². The van der Waals surface area contributed by atoms with Gasteiger partial charge in [0.25, 0.3) is 0 Å². The van der Waals surface area contributed by atoms with Gasteiger partial charge in [-0.3, -0.25) is 16.0 Å². The maximum Gasteiger partial charge on any atom is 0.0807 e. The molecule has 1 rings (SSSR count). The zero-order chi connectivity index (χ0) is 12.3. The highest BCUT2D eigenvalue weighted by molar-refractivity contribution is 5.05. The summed E-state index contributed by atoms with van der Waals surface area (Å²) in [5, 5.41) is 4.39. The van der Waals surface area contributed by atoms with Crippen LogP contribution in [0, 0.1) is 11.3 Å². The fourth-order valence-electron chi connectivity index (χ4n) is 1.60. The van der Waals surface area contributed by atoms with Gasteiger partial charge in [-0.25, -0.2) is 0 Å². The molecule has 0 aliphatic heterocycles. The van der Waals surface area contributed by atoms with Crippen LogP contribution in [0.1, 0.15) is 45.9 Å². The van der Waals surface area contributed by atoms with E-state index in [1.165, 1.54) is 0 Å². The first-order chi connectivity index (χ1) is 7.34. The molecule has 0 spiro atoms. The molecule has 1 aromatic rings. The summed E-state index contributed by atoms with van der Waals surface area (Å²) in [6, 6.07) is 2.15. The van der Waals surface area contributed by atoms with E-state index in [9.17, 15) is 0 Å². The van der Waals surface area contributed by atoms with E-state index in [1.807, 2.05) is 19.3 Å². The van der Waals surface area contributed by atoms with Crippen LogP contribution >= 0.6 is 0 Å². The van der Waals surface area contributed by atoms with E-state index in [0.29, 0.717) is 11.3 Å². The fraction of sp³-hybridized carbons (Fsp3) is 0.750. The van der Waals surface area contributed by atoms with Gasteiger partial charge in [0.15, 0.2) is 0 Å². The molecule has 4 nitrogen and oxygen atoms in total. The number of aryl methyl sites for hydroxylation is 1. The molecule has 16 heavy (non-hydrogen) atoms. The minimum atomic E-state index is 0.135. The second-order valence-electron chi connectivity index (χ2n) is 5.64. The number of hydrazine groups is 1. The van der Waals surface area contributed by atoms with Crippen molar-refractivity contribution in [2.24, 2.45) is 24.2 Å². The molecule has 0 aromatic carbocycles. The van der Waals surface area contributed by atoms with Crippen molar-refractivity contribution < 1.29 is 0 Å². The highest BCUT2D eigenvalue weighted by Crippen LogP contribution is 2.32. The molecule has 0 aliphatic carbocycles. The summed E-state index contributed by atoms with van der Waals surface area (Å²) in [5.74, 6) is 6.19. The van der Waals surface area contributed by atoms with Gasteiger partial charge in [0, 0.05) is 13.2 Å². The molecule has 1 aromatic heterocycles. The van der Waals surface area contributed by atoms with Crippen molar-refractivity contribution >= 4 is 0 Å². The lowest BCUT2D eigenvalue weighted by Gasteiger charge is -2.30. The van der Waals surface area contributed by atoms with E-state index < -0.39 is 0 Å². The SMILES string of the molecule is CC(CC(NN)c1ccn(C)n1)C(C)(C)C. The third kappa shape index (κ3) is 3.32. The fourth-order valence-corrected chi connectivity index (χ4v) is 1.60. The average Bonchev–Trinajstić information content (AvgIpc) is 2.59. The van der Waals surface area contributed by atoms with Crippen molar-refractivity contribution in [3.8, 4) is 0 Å². The molecule has 0 bridgehead atoms. The Labute approximate surface area is 98.2 Å². The van der Waals surface area contributed by atoms with E-state index in [4.69, 9.17) is 5.84 Å². The summed E-state index contributed by atoms with van der Waals surface area (Å²) >= 11 is 0. The molecule has 0 radical (unpaired) electrons. The molecular weight excluding hydrogens is 200 g/mol. The molecule has 0 aliphatic rings. The number of nitrogens with zero attached hydrogens (tertiary/aromatic N) is 2. The van der Waals surface area contributed by atoms with Crippen LogP contribution in [0.4, 0.5) is 0 Å². The van der Waals surface area contributed by atoms with Crippen molar-refractivity contribution in [1.29, 1.82) is 0 Å². The summed E-state index contributed by atoms with van der Waals surface area (Å²) in [7, 11) is 1.92. The minimum absolute atomic E-state index is 0.135. The number of hydrogen-bond acceptors (Lipinski definition) is 3. The average molecular weight is 224 g/mol. The lowest BCUT2D eigenvalue weighted by atomic mass is 9.78. The van der Waals surface area contributed by atoms with Crippen LogP contribution in [-0.2, 0) is 7.05 Å². The summed E-state index contributed by atoms with van der Waals surface area (Å²) in [6.45, 7) is 9.02. The molecule has 0 fully saturated rings. The number of aromatic nitrogens is 2. The number of nitrogens with one attached hydrogen (secondary N) is 1. The molecule has 0 saturated carbocycles. The van der Waals surface area contributed by atoms with Crippen LogP contribution in [0.25, 0.3) is 0 Å². The Kier molecular flexibility index (Phi) is 4.10. The standard InChI is InChI=1S/C12H24N4/c1-9(12(2,3)4)8-11(14-13)10-6-7-16(5)15-10/h6-7,9,11,14H,8,13H2,1-5H3. The van der Waals surface area contributed by atoms with Crippen molar-refractivity contribution in [3.05, 3.63) is 18.0 Å². The normalized spacial score (nSPS) is 16.1. The molecule has 4 heteroatoms. The Morgan fingerprint density at radius 1 is 1.50 bits per heavy atom. The summed E-state index contributed by atoms with van der Waals surface area (Å²) in [5.41, 5.74) is 4.17. The molecular formula is C12H24N4. The van der Waals surface area contributed by atoms with Crippen LogP contribution in [0.2, 0.25) is 0 Å². The van der Waals surface area contributed by atoms with Crippen molar-refractivity contribution in [3.63, 3.8) is 0 Å². The van der Waals surface area contributed by atoms with Crippen LogP contribution in [-0.4, -0.2) is 9.78 Å². The van der Waals surface area contributed by atoms with Gasteiger partial charge in [0.05, 0.1) is 11.7 Å². The van der Waals surface area contributed by atoms with Crippen LogP contribution < -0.4 is 11.3 Å². The van der Waals surface area contributed by atoms with Gasteiger partial charge < -0.3 is 0 Å². The quantitative estimate of drug-likeness (QED) is 0.607. The Morgan fingerprint density at radius 2 is 2.12 bits per heavy atom. The predicted octanol–water partition coefficient (Wildman–Crippen LogP) is 2.00. The zero-order valence-electron chi connectivity index (χ0n) is 11.0. The van der Waals surface area contributed by atoms with E-state index in [2.05, 4.69) is 38.2 Å². The molecule has 2 unspecified atom stereocenters.